The van der Waals surface area contributed by atoms with Gasteiger partial charge in [-0.05, 0) is 81.4 Å². The summed E-state index contributed by atoms with van der Waals surface area (Å²) in [6.07, 6.45) is 8.50. The first-order valence-corrected chi connectivity index (χ1v) is 13.8. The number of rotatable bonds is 10. The van der Waals surface area contributed by atoms with E-state index in [9.17, 15) is 5.11 Å². The second-order valence-corrected chi connectivity index (χ2v) is 10.7. The molecule has 1 N–H and O–H groups in total. The zero-order valence-electron chi connectivity index (χ0n) is 20.4. The molecule has 7 nitrogen and oxygen atoms in total. The van der Waals surface area contributed by atoms with Crippen LogP contribution in [0.4, 0.5) is 0 Å². The minimum Gasteiger partial charge on any atom is -0.491 e. The van der Waals surface area contributed by atoms with Crippen molar-refractivity contribution in [3.05, 3.63) is 29.3 Å². The SMILES string of the molecule is OC1C[C@@H]2[C@@H](CC[C@H](COc3cccc(Cl)c3)OC3CCCCO3)[C@H](OC3CCCCO3)C[C@@H]2O1. The van der Waals surface area contributed by atoms with Crippen LogP contribution in [0, 0.1) is 11.8 Å². The Morgan fingerprint density at radius 3 is 2.57 bits per heavy atom. The lowest BCUT2D eigenvalue weighted by Gasteiger charge is -2.32. The monoisotopic (exact) mass is 510 g/mol. The molecule has 0 amide bonds. The third-order valence-electron chi connectivity index (χ3n) is 7.78. The molecule has 3 unspecified atom stereocenters. The number of aliphatic hydroxyl groups is 1. The molecule has 8 atom stereocenters. The Labute approximate surface area is 213 Å². The van der Waals surface area contributed by atoms with E-state index in [2.05, 4.69) is 0 Å². The highest BCUT2D eigenvalue weighted by molar-refractivity contribution is 6.30. The molecule has 0 bridgehead atoms. The number of hydrogen-bond acceptors (Lipinski definition) is 7. The van der Waals surface area contributed by atoms with Crippen LogP contribution < -0.4 is 4.74 Å². The van der Waals surface area contributed by atoms with Crippen molar-refractivity contribution >= 4 is 11.6 Å². The predicted octanol–water partition coefficient (Wildman–Crippen LogP) is 5.07. The van der Waals surface area contributed by atoms with E-state index in [4.69, 9.17) is 40.0 Å². The van der Waals surface area contributed by atoms with Crippen molar-refractivity contribution in [3.8, 4) is 5.75 Å². The first-order valence-electron chi connectivity index (χ1n) is 13.4. The van der Waals surface area contributed by atoms with Crippen LogP contribution >= 0.6 is 11.6 Å². The fourth-order valence-corrected chi connectivity index (χ4v) is 6.20. The second kappa shape index (κ2) is 12.5. The van der Waals surface area contributed by atoms with Gasteiger partial charge in [-0.3, -0.25) is 0 Å². The minimum absolute atomic E-state index is 0.0485. The summed E-state index contributed by atoms with van der Waals surface area (Å²) in [6.45, 7) is 1.94. The van der Waals surface area contributed by atoms with E-state index in [1.165, 1.54) is 0 Å². The molecule has 4 aliphatic rings. The van der Waals surface area contributed by atoms with Crippen LogP contribution in [0.1, 0.15) is 64.2 Å². The summed E-state index contributed by atoms with van der Waals surface area (Å²) in [5, 5.41) is 10.8. The van der Waals surface area contributed by atoms with Crippen molar-refractivity contribution in [2.75, 3.05) is 19.8 Å². The van der Waals surface area contributed by atoms with Crippen molar-refractivity contribution < 1.29 is 33.5 Å². The maximum absolute atomic E-state index is 10.1. The van der Waals surface area contributed by atoms with Gasteiger partial charge in [0.05, 0.1) is 18.3 Å². The number of fused-ring (bicyclic) bond motifs is 1. The zero-order chi connectivity index (χ0) is 24.0. The molecule has 5 rings (SSSR count). The quantitative estimate of drug-likeness (QED) is 0.471. The van der Waals surface area contributed by atoms with E-state index in [1.54, 1.807) is 0 Å². The highest BCUT2D eigenvalue weighted by atomic mass is 35.5. The van der Waals surface area contributed by atoms with Gasteiger partial charge in [0, 0.05) is 31.1 Å². The van der Waals surface area contributed by atoms with E-state index >= 15 is 0 Å². The summed E-state index contributed by atoms with van der Waals surface area (Å²) < 4.78 is 36.5. The molecule has 8 heteroatoms. The number of benzene rings is 1. The number of hydrogen-bond donors (Lipinski definition) is 1. The van der Waals surface area contributed by atoms with Gasteiger partial charge in [0.25, 0.3) is 0 Å². The molecule has 3 aliphatic heterocycles. The van der Waals surface area contributed by atoms with Crippen LogP contribution in [0.25, 0.3) is 0 Å². The largest absolute Gasteiger partial charge is 0.491 e. The van der Waals surface area contributed by atoms with Gasteiger partial charge in [0.2, 0.25) is 0 Å². The topological polar surface area (TPSA) is 75.6 Å². The first-order chi connectivity index (χ1) is 17.1. The number of halogens is 1. The lowest BCUT2D eigenvalue weighted by molar-refractivity contribution is -0.204. The normalized spacial score (nSPS) is 36.1. The molecule has 35 heavy (non-hydrogen) atoms. The average molecular weight is 511 g/mol. The fourth-order valence-electron chi connectivity index (χ4n) is 6.02. The van der Waals surface area contributed by atoms with Crippen molar-refractivity contribution in [3.63, 3.8) is 0 Å². The smallest absolute Gasteiger partial charge is 0.158 e. The predicted molar refractivity (Wildman–Crippen MR) is 130 cm³/mol. The Kier molecular flexibility index (Phi) is 9.21. The van der Waals surface area contributed by atoms with Gasteiger partial charge in [-0.1, -0.05) is 17.7 Å². The van der Waals surface area contributed by atoms with Gasteiger partial charge in [-0.15, -0.1) is 0 Å². The van der Waals surface area contributed by atoms with Crippen LogP contribution in [0.3, 0.4) is 0 Å². The zero-order valence-corrected chi connectivity index (χ0v) is 21.2. The molecule has 1 aromatic rings. The van der Waals surface area contributed by atoms with Crippen molar-refractivity contribution in [2.45, 2.75) is 101 Å². The first kappa shape index (κ1) is 25.7. The van der Waals surface area contributed by atoms with Crippen molar-refractivity contribution in [1.82, 2.24) is 0 Å². The Bertz CT molecular complexity index is 783. The second-order valence-electron chi connectivity index (χ2n) is 10.3. The maximum Gasteiger partial charge on any atom is 0.158 e. The van der Waals surface area contributed by atoms with Crippen molar-refractivity contribution in [2.24, 2.45) is 11.8 Å². The van der Waals surface area contributed by atoms with E-state index < -0.39 is 6.29 Å². The van der Waals surface area contributed by atoms with Crippen LogP contribution in [0.2, 0.25) is 5.02 Å². The number of ether oxygens (including phenoxy) is 6. The summed E-state index contributed by atoms with van der Waals surface area (Å²) in [5.74, 6) is 1.31. The summed E-state index contributed by atoms with van der Waals surface area (Å²) >= 11 is 6.13. The van der Waals surface area contributed by atoms with Gasteiger partial charge in [-0.2, -0.15) is 0 Å². The highest BCUT2D eigenvalue weighted by Crippen LogP contribution is 2.47. The molecule has 196 valence electrons. The Morgan fingerprint density at radius 2 is 1.83 bits per heavy atom. The Morgan fingerprint density at radius 1 is 1.03 bits per heavy atom. The Balaban J connectivity index is 1.22. The molecule has 1 aromatic carbocycles. The lowest BCUT2D eigenvalue weighted by Crippen LogP contribution is -2.34. The molecule has 3 saturated heterocycles. The molecule has 1 saturated carbocycles. The molecule has 3 heterocycles. The standard InChI is InChI=1S/C27H39ClO7/c28-18-6-5-7-19(14-18)32-17-20(33-26-8-1-3-12-30-26)10-11-21-22-15-25(29)34-24(22)16-23(21)35-27-9-2-4-13-31-27/h5-7,14,20-27,29H,1-4,8-13,15-17H2/t20-,21-,22-,23-,24+,25?,26?,27?/m1/s1. The van der Waals surface area contributed by atoms with Gasteiger partial charge in [0.1, 0.15) is 12.4 Å². The van der Waals surface area contributed by atoms with Gasteiger partial charge in [0.15, 0.2) is 18.9 Å². The lowest BCUT2D eigenvalue weighted by atomic mass is 9.87. The summed E-state index contributed by atoms with van der Waals surface area (Å²) in [4.78, 5) is 0. The summed E-state index contributed by atoms with van der Waals surface area (Å²) in [6, 6.07) is 7.45. The average Bonchev–Trinajstić information content (AvgIpc) is 3.37. The molecular weight excluding hydrogens is 472 g/mol. The van der Waals surface area contributed by atoms with Crippen molar-refractivity contribution in [1.29, 1.82) is 0 Å². The van der Waals surface area contributed by atoms with Crippen LogP contribution in [0.5, 0.6) is 5.75 Å². The van der Waals surface area contributed by atoms with Gasteiger partial charge < -0.3 is 33.5 Å². The Hall–Kier alpha value is -0.930. The summed E-state index contributed by atoms with van der Waals surface area (Å²) in [5.41, 5.74) is 0. The van der Waals surface area contributed by atoms with Crippen LogP contribution in [-0.2, 0) is 23.7 Å². The molecular formula is C27H39ClO7. The molecule has 4 fully saturated rings. The third kappa shape index (κ3) is 7.10. The van der Waals surface area contributed by atoms with Gasteiger partial charge >= 0.3 is 0 Å². The van der Waals surface area contributed by atoms with Crippen LogP contribution in [0.15, 0.2) is 24.3 Å². The molecule has 1 aliphatic carbocycles. The summed E-state index contributed by atoms with van der Waals surface area (Å²) in [7, 11) is 0. The van der Waals surface area contributed by atoms with E-state index in [-0.39, 0.29) is 36.8 Å². The van der Waals surface area contributed by atoms with E-state index in [1.807, 2.05) is 24.3 Å². The van der Waals surface area contributed by atoms with Gasteiger partial charge in [-0.25, -0.2) is 0 Å². The number of aliphatic hydroxyl groups excluding tert-OH is 1. The molecule has 0 spiro atoms. The fraction of sp³-hybridized carbons (Fsp3) is 0.778. The molecule has 0 radical (unpaired) electrons. The van der Waals surface area contributed by atoms with Crippen LogP contribution in [-0.4, -0.2) is 62.1 Å². The minimum atomic E-state index is -0.673. The van der Waals surface area contributed by atoms with E-state index in [0.717, 1.165) is 76.8 Å². The third-order valence-corrected chi connectivity index (χ3v) is 8.01. The molecule has 0 aromatic heterocycles. The van der Waals surface area contributed by atoms with E-state index in [0.29, 0.717) is 24.0 Å². The maximum atomic E-state index is 10.1. The highest BCUT2D eigenvalue weighted by Gasteiger charge is 2.50.